The minimum absolute atomic E-state index is 0.310. The molecule has 23 heavy (non-hydrogen) atoms. The molecule has 2 nitrogen and oxygen atoms in total. The smallest absolute Gasteiger partial charge is 0.335 e. The van der Waals surface area contributed by atoms with Crippen molar-refractivity contribution in [2.45, 2.75) is 40.5 Å². The molecule has 122 valence electrons. The molecule has 0 spiro atoms. The molecule has 1 aromatic carbocycles. The van der Waals surface area contributed by atoms with Crippen LogP contribution >= 0.6 is 0 Å². The molecule has 0 aliphatic heterocycles. The van der Waals surface area contributed by atoms with Crippen LogP contribution < -0.4 is 0 Å². The highest BCUT2D eigenvalue weighted by Crippen LogP contribution is 2.11. The lowest BCUT2D eigenvalue weighted by Gasteiger charge is -1.98. The number of aromatic carboxylic acids is 1. The Bertz CT molecular complexity index is 637. The van der Waals surface area contributed by atoms with Crippen molar-refractivity contribution in [3.8, 4) is 0 Å². The Morgan fingerprint density at radius 1 is 1.09 bits per heavy atom. The Balaban J connectivity index is 2.61. The topological polar surface area (TPSA) is 37.3 Å². The van der Waals surface area contributed by atoms with Gasteiger partial charge in [0.15, 0.2) is 0 Å². The maximum absolute atomic E-state index is 10.8. The summed E-state index contributed by atoms with van der Waals surface area (Å²) in [6, 6.07) is 6.89. The van der Waals surface area contributed by atoms with Crippen LogP contribution in [0.15, 0.2) is 65.3 Å². The fourth-order valence-corrected chi connectivity index (χ4v) is 2.07. The quantitative estimate of drug-likeness (QED) is 0.492. The molecular formula is C21H26O2. The Labute approximate surface area is 139 Å². The van der Waals surface area contributed by atoms with E-state index in [-0.39, 0.29) is 0 Å². The largest absolute Gasteiger partial charge is 0.478 e. The van der Waals surface area contributed by atoms with Gasteiger partial charge in [-0.1, -0.05) is 59.2 Å². The Hall–Kier alpha value is -2.35. The molecule has 0 saturated heterocycles. The van der Waals surface area contributed by atoms with E-state index in [4.69, 9.17) is 5.11 Å². The van der Waals surface area contributed by atoms with Gasteiger partial charge in [0.2, 0.25) is 0 Å². The summed E-state index contributed by atoms with van der Waals surface area (Å²) in [7, 11) is 0. The van der Waals surface area contributed by atoms with Gasteiger partial charge in [-0.25, -0.2) is 4.79 Å². The van der Waals surface area contributed by atoms with Crippen molar-refractivity contribution in [3.05, 3.63) is 76.4 Å². The predicted octanol–water partition coefficient (Wildman–Crippen LogP) is 6.04. The van der Waals surface area contributed by atoms with Gasteiger partial charge >= 0.3 is 5.97 Å². The summed E-state index contributed by atoms with van der Waals surface area (Å²) in [6.45, 7) is 8.42. The van der Waals surface area contributed by atoms with Crippen LogP contribution in [0.4, 0.5) is 0 Å². The van der Waals surface area contributed by atoms with E-state index in [1.165, 1.54) is 11.1 Å². The van der Waals surface area contributed by atoms with E-state index in [1.54, 1.807) is 12.1 Å². The molecule has 0 aliphatic rings. The fourth-order valence-electron chi connectivity index (χ4n) is 2.07. The molecule has 1 aromatic rings. The minimum Gasteiger partial charge on any atom is -0.478 e. The van der Waals surface area contributed by atoms with E-state index in [2.05, 4.69) is 45.1 Å². The van der Waals surface area contributed by atoms with E-state index in [1.807, 2.05) is 25.1 Å². The van der Waals surface area contributed by atoms with Gasteiger partial charge in [-0.15, -0.1) is 0 Å². The van der Waals surface area contributed by atoms with E-state index in [0.29, 0.717) is 5.56 Å². The van der Waals surface area contributed by atoms with Crippen LogP contribution in [0.2, 0.25) is 0 Å². The zero-order valence-corrected chi connectivity index (χ0v) is 14.5. The van der Waals surface area contributed by atoms with Crippen LogP contribution in [0.5, 0.6) is 0 Å². The third kappa shape index (κ3) is 8.01. The van der Waals surface area contributed by atoms with Crippen LogP contribution in [0.3, 0.4) is 0 Å². The molecule has 0 unspecified atom stereocenters. The zero-order chi connectivity index (χ0) is 17.2. The van der Waals surface area contributed by atoms with Crippen LogP contribution in [0.25, 0.3) is 6.08 Å². The predicted molar refractivity (Wildman–Crippen MR) is 98.6 cm³/mol. The van der Waals surface area contributed by atoms with Crippen molar-refractivity contribution in [1.29, 1.82) is 0 Å². The first-order valence-electron chi connectivity index (χ1n) is 7.87. The SMILES string of the molecule is CC(C)=CCC/C(C)=C/C=C/C(C)=C/c1ccc(C(=O)O)cc1. The standard InChI is InChI=1S/C21H26O2/c1-16(2)7-5-8-17(3)9-6-10-18(4)15-19-11-13-20(14-12-19)21(22)23/h6-7,9-15H,5,8H2,1-4H3,(H,22,23)/b10-6+,17-9+,18-15+. The van der Waals surface area contributed by atoms with Crippen molar-refractivity contribution in [3.63, 3.8) is 0 Å². The summed E-state index contributed by atoms with van der Waals surface area (Å²) >= 11 is 0. The fraction of sp³-hybridized carbons (Fsp3) is 0.286. The summed E-state index contributed by atoms with van der Waals surface area (Å²) in [5, 5.41) is 8.88. The second-order valence-electron chi connectivity index (χ2n) is 6.01. The maximum Gasteiger partial charge on any atom is 0.335 e. The summed E-state index contributed by atoms with van der Waals surface area (Å²) in [6.07, 6.45) is 12.7. The molecule has 0 bridgehead atoms. The van der Waals surface area contributed by atoms with E-state index in [9.17, 15) is 4.79 Å². The molecular weight excluding hydrogens is 284 g/mol. The third-order valence-corrected chi connectivity index (χ3v) is 3.38. The number of hydrogen-bond donors (Lipinski definition) is 1. The van der Waals surface area contributed by atoms with Crippen molar-refractivity contribution in [2.24, 2.45) is 0 Å². The lowest BCUT2D eigenvalue weighted by atomic mass is 10.1. The molecule has 0 aliphatic carbocycles. The van der Waals surface area contributed by atoms with Gasteiger partial charge in [-0.05, 0) is 58.2 Å². The monoisotopic (exact) mass is 310 g/mol. The number of carbonyl (C=O) groups is 1. The van der Waals surface area contributed by atoms with Gasteiger partial charge in [-0.3, -0.25) is 0 Å². The minimum atomic E-state index is -0.897. The lowest BCUT2D eigenvalue weighted by Crippen LogP contribution is -1.94. The molecule has 1 N–H and O–H groups in total. The number of benzene rings is 1. The first-order chi connectivity index (χ1) is 10.9. The number of carboxylic acid groups (broad SMARTS) is 1. The Kier molecular flexibility index (Phi) is 7.82. The van der Waals surface area contributed by atoms with Crippen molar-refractivity contribution < 1.29 is 9.90 Å². The van der Waals surface area contributed by atoms with Gasteiger partial charge in [0, 0.05) is 0 Å². The number of hydrogen-bond acceptors (Lipinski definition) is 1. The van der Waals surface area contributed by atoms with Crippen LogP contribution in [-0.4, -0.2) is 11.1 Å². The molecule has 0 fully saturated rings. The summed E-state index contributed by atoms with van der Waals surface area (Å²) in [5.41, 5.74) is 5.16. The lowest BCUT2D eigenvalue weighted by molar-refractivity contribution is 0.0697. The highest BCUT2D eigenvalue weighted by Gasteiger charge is 2.00. The van der Waals surface area contributed by atoms with Gasteiger partial charge in [-0.2, -0.15) is 0 Å². The summed E-state index contributed by atoms with van der Waals surface area (Å²) < 4.78 is 0. The van der Waals surface area contributed by atoms with Gasteiger partial charge in [0.05, 0.1) is 5.56 Å². The van der Waals surface area contributed by atoms with Crippen LogP contribution in [-0.2, 0) is 0 Å². The second kappa shape index (κ2) is 9.62. The van der Waals surface area contributed by atoms with E-state index in [0.717, 1.165) is 24.0 Å². The van der Waals surface area contributed by atoms with Crippen molar-refractivity contribution in [2.75, 3.05) is 0 Å². The normalized spacial score (nSPS) is 12.5. The first-order valence-corrected chi connectivity index (χ1v) is 7.87. The second-order valence-corrected chi connectivity index (χ2v) is 6.01. The molecule has 0 aromatic heterocycles. The number of rotatable bonds is 7. The Morgan fingerprint density at radius 3 is 2.30 bits per heavy atom. The Morgan fingerprint density at radius 2 is 1.74 bits per heavy atom. The molecule has 0 heterocycles. The van der Waals surface area contributed by atoms with Gasteiger partial charge in [0.25, 0.3) is 0 Å². The highest BCUT2D eigenvalue weighted by molar-refractivity contribution is 5.87. The molecule has 1 rings (SSSR count). The summed E-state index contributed by atoms with van der Waals surface area (Å²) in [5.74, 6) is -0.897. The van der Waals surface area contributed by atoms with Crippen LogP contribution in [0.1, 0.15) is 56.5 Å². The average Bonchev–Trinajstić information content (AvgIpc) is 2.47. The molecule has 0 amide bonds. The first kappa shape index (κ1) is 18.7. The van der Waals surface area contributed by atoms with Gasteiger partial charge < -0.3 is 5.11 Å². The van der Waals surface area contributed by atoms with E-state index < -0.39 is 5.97 Å². The zero-order valence-electron chi connectivity index (χ0n) is 14.5. The van der Waals surface area contributed by atoms with Crippen molar-refractivity contribution in [1.82, 2.24) is 0 Å². The third-order valence-electron chi connectivity index (χ3n) is 3.38. The number of carboxylic acids is 1. The molecule has 0 radical (unpaired) electrons. The van der Waals surface area contributed by atoms with Gasteiger partial charge in [0.1, 0.15) is 0 Å². The van der Waals surface area contributed by atoms with Crippen molar-refractivity contribution >= 4 is 12.0 Å². The summed E-state index contributed by atoms with van der Waals surface area (Å²) in [4.78, 5) is 10.8. The molecule has 0 saturated carbocycles. The van der Waals surface area contributed by atoms with Crippen LogP contribution in [0, 0.1) is 0 Å². The van der Waals surface area contributed by atoms with E-state index >= 15 is 0 Å². The molecule has 2 heteroatoms. The highest BCUT2D eigenvalue weighted by atomic mass is 16.4. The number of allylic oxidation sites excluding steroid dienone is 7. The average molecular weight is 310 g/mol. The molecule has 0 atom stereocenters. The maximum atomic E-state index is 10.8.